The fourth-order valence-corrected chi connectivity index (χ4v) is 19.6. The fourth-order valence-electron chi connectivity index (χ4n) is 19.6. The van der Waals surface area contributed by atoms with E-state index in [0.29, 0.717) is 63.1 Å². The standard InChI is InChI=1S/C120H117BN4/c1-115(2,3)86-52-58-104-98(68-86)99-69-87(116(4,5)6)53-59-105(99)122(104)92-48-34-46-81(62-92)83-50-56-108-102(64-83)121-103-65-84(82-47-35-49-93(63-82)123-106-60-54-88(117(7,8)9)70-100(106)101-71-89(118(10,11)12)55-61-107(101)123)51-57-109(103)125(114-96(79-42-30-22-31-43-79)74-91(120(16,17)18)75-97(114)80-44-32-23-33-45-80)111-67-85(76-36-24-19-25-37-76)66-110(112(111)121)124(108)113-94(77-38-26-20-27-39-77)72-90(119(13,14)15)73-95(113)78-40-28-21-29-41-78/h20-23,26-35,38-76H,19,24-25,36-37H2,1-18H3/i20D,21D,22D,23D,26D,27D,28D,29D,30D,31D,32D,33D,38D,39D,40D,41D,42D,43D,44D,45D. The van der Waals surface area contributed by atoms with Crippen LogP contribution in [0.25, 0.3) is 122 Å². The Bertz CT molecular complexity index is 7530. The third-order valence-corrected chi connectivity index (χ3v) is 26.5. The van der Waals surface area contributed by atoms with Gasteiger partial charge in [-0.2, -0.15) is 0 Å². The van der Waals surface area contributed by atoms with Crippen molar-refractivity contribution in [2.75, 3.05) is 9.80 Å². The third kappa shape index (κ3) is 14.3. The van der Waals surface area contributed by atoms with Gasteiger partial charge in [0.05, 0.1) is 60.9 Å². The second-order valence-corrected chi connectivity index (χ2v) is 41.0. The summed E-state index contributed by atoms with van der Waals surface area (Å²) < 4.78 is 202. The monoisotopic (exact) mass is 1650 g/mol. The summed E-state index contributed by atoms with van der Waals surface area (Å²) in [5.74, 6) is -0.232. The predicted molar refractivity (Wildman–Crippen MR) is 540 cm³/mol. The molecule has 620 valence electrons. The minimum absolute atomic E-state index is 0.0483. The summed E-state index contributed by atoms with van der Waals surface area (Å²) in [4.78, 5) is 4.00. The van der Waals surface area contributed by atoms with Crippen molar-refractivity contribution in [2.24, 2.45) is 0 Å². The number of benzene rings is 15. The molecule has 1 fully saturated rings. The molecule has 3 aliphatic rings. The Morgan fingerprint density at radius 1 is 0.272 bits per heavy atom. The van der Waals surface area contributed by atoms with Crippen molar-refractivity contribution < 1.29 is 27.4 Å². The number of fused-ring (bicyclic) bond motifs is 10. The number of aromatic nitrogens is 2. The number of anilines is 6. The van der Waals surface area contributed by atoms with E-state index in [2.05, 4.69) is 238 Å². The van der Waals surface area contributed by atoms with Gasteiger partial charge in [-0.05, 0) is 272 Å². The Morgan fingerprint density at radius 2 is 0.568 bits per heavy atom. The fraction of sp³-hybridized carbons (Fsp3) is 0.250. The van der Waals surface area contributed by atoms with Crippen molar-refractivity contribution in [3.63, 3.8) is 0 Å². The van der Waals surface area contributed by atoms with E-state index in [-0.39, 0.29) is 83.5 Å². The second-order valence-electron chi connectivity index (χ2n) is 41.0. The molecular formula is C120H117BN4. The highest BCUT2D eigenvalue weighted by molar-refractivity contribution is 7.00. The molecule has 20 rings (SSSR count). The first kappa shape index (κ1) is 61.0. The molecule has 4 heterocycles. The van der Waals surface area contributed by atoms with Crippen molar-refractivity contribution in [1.29, 1.82) is 0 Å². The maximum atomic E-state index is 10.3. The van der Waals surface area contributed by atoms with Crippen LogP contribution in [-0.2, 0) is 32.5 Å². The van der Waals surface area contributed by atoms with Crippen molar-refractivity contribution >= 4 is 101 Å². The lowest BCUT2D eigenvalue weighted by atomic mass is 9.33. The van der Waals surface area contributed by atoms with Gasteiger partial charge < -0.3 is 18.9 Å². The van der Waals surface area contributed by atoms with E-state index >= 15 is 0 Å². The Hall–Kier alpha value is -12.4. The van der Waals surface area contributed by atoms with Crippen LogP contribution in [0.15, 0.2) is 315 Å². The van der Waals surface area contributed by atoms with E-state index in [9.17, 15) is 27.4 Å². The molecule has 0 saturated heterocycles. The molecule has 0 bridgehead atoms. The average Bonchev–Trinajstić information content (AvgIpc) is 1.64. The molecule has 0 unspecified atom stereocenters. The van der Waals surface area contributed by atoms with Gasteiger partial charge in [0.2, 0.25) is 0 Å². The summed E-state index contributed by atoms with van der Waals surface area (Å²) in [6.07, 6.45) is 3.90. The molecule has 15 aromatic carbocycles. The van der Waals surface area contributed by atoms with E-state index in [4.69, 9.17) is 0 Å². The van der Waals surface area contributed by atoms with Gasteiger partial charge in [0.15, 0.2) is 0 Å². The summed E-state index contributed by atoms with van der Waals surface area (Å²) >= 11 is 0. The highest BCUT2D eigenvalue weighted by atomic mass is 15.2. The summed E-state index contributed by atoms with van der Waals surface area (Å²) in [5, 5.41) is 4.37. The first-order valence-corrected chi connectivity index (χ1v) is 44.2. The summed E-state index contributed by atoms with van der Waals surface area (Å²) in [7, 11) is 0. The zero-order valence-electron chi connectivity index (χ0n) is 95.0. The first-order valence-electron chi connectivity index (χ1n) is 54.2. The quantitative estimate of drug-likeness (QED) is 0.120. The van der Waals surface area contributed by atoms with E-state index in [1.54, 1.807) is 24.3 Å². The zero-order chi connectivity index (χ0) is 104. The minimum Gasteiger partial charge on any atom is -0.310 e. The lowest BCUT2D eigenvalue weighted by Gasteiger charge is -2.46. The molecule has 17 aromatic rings. The van der Waals surface area contributed by atoms with Gasteiger partial charge >= 0.3 is 0 Å². The van der Waals surface area contributed by atoms with Gasteiger partial charge in [-0.15, -0.1) is 0 Å². The van der Waals surface area contributed by atoms with Crippen LogP contribution in [0.5, 0.6) is 0 Å². The minimum atomic E-state index is -0.976. The number of hydrogen-bond acceptors (Lipinski definition) is 2. The summed E-state index contributed by atoms with van der Waals surface area (Å²) in [5.41, 5.74) is 15.5. The van der Waals surface area contributed by atoms with Crippen LogP contribution in [-0.4, -0.2) is 15.8 Å². The largest absolute Gasteiger partial charge is 0.310 e. The molecule has 4 nitrogen and oxygen atoms in total. The molecule has 5 heteroatoms. The van der Waals surface area contributed by atoms with E-state index < -0.39 is 138 Å². The average molecular weight is 1650 g/mol. The van der Waals surface area contributed by atoms with Gasteiger partial charge in [-0.25, -0.2) is 0 Å². The van der Waals surface area contributed by atoms with Crippen molar-refractivity contribution in [3.05, 3.63) is 354 Å². The molecule has 0 amide bonds. The number of hydrogen-bond donors (Lipinski definition) is 0. The maximum Gasteiger partial charge on any atom is 0.252 e. The van der Waals surface area contributed by atoms with Gasteiger partial charge in [-0.1, -0.05) is 338 Å². The highest BCUT2D eigenvalue weighted by Gasteiger charge is 2.47. The van der Waals surface area contributed by atoms with Crippen LogP contribution in [0.2, 0.25) is 0 Å². The normalized spacial score (nSPS) is 16.3. The Kier molecular flexibility index (Phi) is 14.7. The molecule has 1 aliphatic carbocycles. The molecular weight excluding hydrogens is 1510 g/mol. The smallest absolute Gasteiger partial charge is 0.252 e. The molecule has 2 aromatic heterocycles. The summed E-state index contributed by atoms with van der Waals surface area (Å²) in [6.45, 7) is 37.4. The predicted octanol–water partition coefficient (Wildman–Crippen LogP) is 31.8. The second kappa shape index (κ2) is 30.2. The van der Waals surface area contributed by atoms with E-state index in [1.165, 1.54) is 22.3 Å². The Morgan fingerprint density at radius 3 is 0.864 bits per heavy atom. The van der Waals surface area contributed by atoms with Crippen LogP contribution in [0.1, 0.15) is 229 Å². The molecule has 0 atom stereocenters. The molecule has 1 saturated carbocycles. The maximum absolute atomic E-state index is 10.3. The topological polar surface area (TPSA) is 16.3 Å². The number of rotatable bonds is 11. The van der Waals surface area contributed by atoms with Gasteiger partial charge in [-0.3, -0.25) is 0 Å². The molecule has 125 heavy (non-hydrogen) atoms. The number of nitrogens with zero attached hydrogens (tertiary/aromatic N) is 4. The van der Waals surface area contributed by atoms with E-state index in [1.807, 2.05) is 75.6 Å². The summed E-state index contributed by atoms with van der Waals surface area (Å²) in [6, 6.07) is 55.3. The Balaban J connectivity index is 0.992. The SMILES string of the molecule is [2H]c1c([2H])c([2H])c(-c2cc(C(C)(C)C)cc(-c3c([2H])c([2H])c([2H])c([2H])c3[2H])c2N2c3ccc(-c4cccc(-n5c6ccc(C(C)(C)C)cc6c6cc(C(C)(C)C)ccc65)c4)cc3B3c4cc(-c5cccc(-n6c7ccc(C(C)(C)C)cc7c7cc(C(C)(C)C)ccc76)c5)ccc4N(c4c(-c5c([2H])c([2H])c([2H])c([2H])c5[2H])cc(C(C)(C)C)cc4-c4c([2H])c([2H])c([2H])c([2H])c4[2H])c4cc(C5CCCCC5)cc2c43)c([2H])c1[2H]. The zero-order valence-corrected chi connectivity index (χ0v) is 75.0. The van der Waals surface area contributed by atoms with Crippen LogP contribution in [0.4, 0.5) is 34.1 Å². The van der Waals surface area contributed by atoms with E-state index in [0.717, 1.165) is 102 Å². The third-order valence-electron chi connectivity index (χ3n) is 26.5. The van der Waals surface area contributed by atoms with Gasteiger partial charge in [0.1, 0.15) is 0 Å². The lowest BCUT2D eigenvalue weighted by molar-refractivity contribution is 0.444. The van der Waals surface area contributed by atoms with Crippen molar-refractivity contribution in [1.82, 2.24) is 9.13 Å². The van der Waals surface area contributed by atoms with Crippen LogP contribution in [0, 0.1) is 0 Å². The van der Waals surface area contributed by atoms with Gasteiger partial charge in [0.25, 0.3) is 6.71 Å². The molecule has 0 N–H and O–H groups in total. The molecule has 2 aliphatic heterocycles. The molecule has 0 radical (unpaired) electrons. The highest BCUT2D eigenvalue weighted by Crippen LogP contribution is 2.57. The molecule has 0 spiro atoms. The first-order chi connectivity index (χ1) is 68.1. The Labute approximate surface area is 770 Å². The van der Waals surface area contributed by atoms with Crippen molar-refractivity contribution in [2.45, 2.75) is 195 Å². The van der Waals surface area contributed by atoms with Crippen LogP contribution < -0.4 is 26.2 Å². The lowest BCUT2D eigenvalue weighted by Crippen LogP contribution is -2.61. The van der Waals surface area contributed by atoms with Gasteiger partial charge in [0, 0.05) is 77.9 Å². The van der Waals surface area contributed by atoms with Crippen molar-refractivity contribution in [3.8, 4) is 78.1 Å². The van der Waals surface area contributed by atoms with Crippen LogP contribution >= 0.6 is 0 Å². The van der Waals surface area contributed by atoms with Crippen LogP contribution in [0.3, 0.4) is 0 Å².